The molecule has 0 saturated heterocycles. The molecule has 0 aliphatic rings. The number of nitrogens with one attached hydrogen (secondary N) is 1. The van der Waals surface area contributed by atoms with Gasteiger partial charge in [-0.2, -0.15) is 0 Å². The zero-order valence-electron chi connectivity index (χ0n) is 12.6. The molecular formula is C15H19ClN4OS2. The van der Waals surface area contributed by atoms with E-state index in [4.69, 9.17) is 17.3 Å². The Labute approximate surface area is 149 Å². The van der Waals surface area contributed by atoms with E-state index in [2.05, 4.69) is 15.5 Å². The van der Waals surface area contributed by atoms with Crippen molar-refractivity contribution in [3.8, 4) is 0 Å². The first-order valence-corrected chi connectivity index (χ1v) is 9.50. The minimum Gasteiger partial charge on any atom is -0.330 e. The second kappa shape index (κ2) is 9.87. The molecule has 2 rings (SSSR count). The van der Waals surface area contributed by atoms with Crippen LogP contribution in [-0.4, -0.2) is 22.6 Å². The number of amides is 1. The Morgan fingerprint density at radius 3 is 2.83 bits per heavy atom. The number of anilines is 1. The van der Waals surface area contributed by atoms with Crippen LogP contribution in [0.4, 0.5) is 5.69 Å². The van der Waals surface area contributed by atoms with Crippen LogP contribution >= 0.6 is 34.7 Å². The van der Waals surface area contributed by atoms with Gasteiger partial charge in [0.05, 0.1) is 5.02 Å². The van der Waals surface area contributed by atoms with Crippen LogP contribution in [0.2, 0.25) is 5.02 Å². The van der Waals surface area contributed by atoms with Gasteiger partial charge in [-0.15, -0.1) is 10.2 Å². The van der Waals surface area contributed by atoms with Crippen molar-refractivity contribution in [3.63, 3.8) is 0 Å². The second-order valence-corrected chi connectivity index (χ2v) is 7.48. The summed E-state index contributed by atoms with van der Waals surface area (Å²) in [5, 5.41) is 11.2. The van der Waals surface area contributed by atoms with Gasteiger partial charge < -0.3 is 11.1 Å². The number of hydrogen-bond acceptors (Lipinski definition) is 6. The van der Waals surface area contributed by atoms with E-state index in [0.717, 1.165) is 34.9 Å². The molecule has 0 atom stereocenters. The number of rotatable bonds is 9. The smallest absolute Gasteiger partial charge is 0.224 e. The molecule has 23 heavy (non-hydrogen) atoms. The van der Waals surface area contributed by atoms with E-state index < -0.39 is 0 Å². The fraction of sp³-hybridized carbons (Fsp3) is 0.400. The van der Waals surface area contributed by atoms with Crippen LogP contribution in [-0.2, 0) is 4.79 Å². The van der Waals surface area contributed by atoms with Crippen molar-refractivity contribution in [3.05, 3.63) is 28.7 Å². The monoisotopic (exact) mass is 370 g/mol. The normalized spacial score (nSPS) is 10.7. The Balaban J connectivity index is 1.81. The molecule has 0 aliphatic carbocycles. The Kier molecular flexibility index (Phi) is 7.81. The van der Waals surface area contributed by atoms with Crippen molar-refractivity contribution in [1.82, 2.24) is 10.2 Å². The summed E-state index contributed by atoms with van der Waals surface area (Å²) >= 11 is 9.18. The highest BCUT2D eigenvalue weighted by Crippen LogP contribution is 2.35. The van der Waals surface area contributed by atoms with Crippen LogP contribution in [0.3, 0.4) is 0 Å². The molecule has 5 nitrogen and oxygen atoms in total. The fourth-order valence-corrected chi connectivity index (χ4v) is 3.70. The van der Waals surface area contributed by atoms with E-state index >= 15 is 0 Å². The number of aromatic nitrogens is 2. The molecule has 124 valence electrons. The SMILES string of the molecule is NCCCCCCC(=O)Nc1ccc(Sc2nncs2)c(Cl)c1. The lowest BCUT2D eigenvalue weighted by Crippen LogP contribution is -2.11. The minimum absolute atomic E-state index is 0.0124. The van der Waals surface area contributed by atoms with Gasteiger partial charge in [-0.3, -0.25) is 4.79 Å². The van der Waals surface area contributed by atoms with Gasteiger partial charge in [-0.25, -0.2) is 0 Å². The summed E-state index contributed by atoms with van der Waals surface area (Å²) in [4.78, 5) is 12.8. The van der Waals surface area contributed by atoms with E-state index in [9.17, 15) is 4.79 Å². The number of nitrogens with zero attached hydrogens (tertiary/aromatic N) is 2. The Hall–Kier alpha value is -1.15. The van der Waals surface area contributed by atoms with Gasteiger partial charge in [0.15, 0.2) is 4.34 Å². The zero-order chi connectivity index (χ0) is 16.5. The molecular weight excluding hydrogens is 352 g/mol. The van der Waals surface area contributed by atoms with Crippen molar-refractivity contribution in [1.29, 1.82) is 0 Å². The molecule has 2 aromatic rings. The average Bonchev–Trinajstić information content (AvgIpc) is 3.03. The highest BCUT2D eigenvalue weighted by molar-refractivity contribution is 8.01. The number of unbranched alkanes of at least 4 members (excludes halogenated alkanes) is 3. The standard InChI is InChI=1S/C15H19ClN4OS2/c16-12-9-11(19-14(21)5-3-1-2-4-8-17)6-7-13(12)23-15-20-18-10-22-15/h6-7,9-10H,1-5,8,17H2,(H,19,21). The average molecular weight is 371 g/mol. The number of benzene rings is 1. The molecule has 0 radical (unpaired) electrons. The highest BCUT2D eigenvalue weighted by Gasteiger charge is 2.08. The van der Waals surface area contributed by atoms with Gasteiger partial charge in [0.2, 0.25) is 5.91 Å². The molecule has 0 fully saturated rings. The first-order chi connectivity index (χ1) is 11.2. The molecule has 1 aromatic carbocycles. The van der Waals surface area contributed by atoms with Crippen LogP contribution in [0.15, 0.2) is 32.9 Å². The first-order valence-electron chi connectivity index (χ1n) is 7.42. The Morgan fingerprint density at radius 2 is 2.13 bits per heavy atom. The molecule has 1 aromatic heterocycles. The number of carbonyl (C=O) groups excluding carboxylic acids is 1. The third-order valence-corrected chi connectivity index (χ3v) is 5.39. The Morgan fingerprint density at radius 1 is 1.30 bits per heavy atom. The van der Waals surface area contributed by atoms with Crippen LogP contribution in [0, 0.1) is 0 Å². The molecule has 0 bridgehead atoms. The number of halogens is 1. The van der Waals surface area contributed by atoms with Gasteiger partial charge in [-0.1, -0.05) is 47.5 Å². The predicted molar refractivity (Wildman–Crippen MR) is 96.3 cm³/mol. The van der Waals surface area contributed by atoms with Gasteiger partial charge in [0.1, 0.15) is 5.51 Å². The molecule has 0 aliphatic heterocycles. The maximum absolute atomic E-state index is 11.9. The van der Waals surface area contributed by atoms with Crippen molar-refractivity contribution in [2.45, 2.75) is 41.3 Å². The minimum atomic E-state index is 0.0124. The van der Waals surface area contributed by atoms with Crippen LogP contribution in [0.5, 0.6) is 0 Å². The summed E-state index contributed by atoms with van der Waals surface area (Å²) in [6.07, 6.45) is 4.52. The van der Waals surface area contributed by atoms with Crippen LogP contribution < -0.4 is 11.1 Å². The van der Waals surface area contributed by atoms with Crippen molar-refractivity contribution in [2.75, 3.05) is 11.9 Å². The quantitative estimate of drug-likeness (QED) is 0.647. The molecule has 0 saturated carbocycles. The van der Waals surface area contributed by atoms with E-state index in [1.807, 2.05) is 12.1 Å². The van der Waals surface area contributed by atoms with Gasteiger partial charge >= 0.3 is 0 Å². The zero-order valence-corrected chi connectivity index (χ0v) is 15.0. The third kappa shape index (κ3) is 6.47. The molecule has 3 N–H and O–H groups in total. The van der Waals surface area contributed by atoms with Crippen LogP contribution in [0.25, 0.3) is 0 Å². The topological polar surface area (TPSA) is 80.9 Å². The van der Waals surface area contributed by atoms with E-state index in [1.165, 1.54) is 23.1 Å². The summed E-state index contributed by atoms with van der Waals surface area (Å²) in [5.41, 5.74) is 7.83. The molecule has 1 heterocycles. The van der Waals surface area contributed by atoms with Crippen molar-refractivity contribution in [2.24, 2.45) is 5.73 Å². The molecule has 0 spiro atoms. The summed E-state index contributed by atoms with van der Waals surface area (Å²) in [6.45, 7) is 0.714. The van der Waals surface area contributed by atoms with Crippen molar-refractivity contribution < 1.29 is 4.79 Å². The number of nitrogens with two attached hydrogens (primary N) is 1. The van der Waals surface area contributed by atoms with E-state index in [-0.39, 0.29) is 5.91 Å². The van der Waals surface area contributed by atoms with Crippen LogP contribution in [0.1, 0.15) is 32.1 Å². The highest BCUT2D eigenvalue weighted by atomic mass is 35.5. The summed E-state index contributed by atoms with van der Waals surface area (Å²) in [6, 6.07) is 5.49. The lowest BCUT2D eigenvalue weighted by molar-refractivity contribution is -0.116. The van der Waals surface area contributed by atoms with E-state index in [1.54, 1.807) is 11.6 Å². The van der Waals surface area contributed by atoms with Gasteiger partial charge in [-0.05, 0) is 37.6 Å². The molecule has 0 unspecified atom stereocenters. The summed E-state index contributed by atoms with van der Waals surface area (Å²) < 4.78 is 0.834. The number of carbonyl (C=O) groups is 1. The summed E-state index contributed by atoms with van der Waals surface area (Å²) in [7, 11) is 0. The van der Waals surface area contributed by atoms with Crippen molar-refractivity contribution >= 4 is 46.3 Å². The number of hydrogen-bond donors (Lipinski definition) is 2. The van der Waals surface area contributed by atoms with E-state index in [0.29, 0.717) is 23.7 Å². The maximum Gasteiger partial charge on any atom is 0.224 e. The third-order valence-electron chi connectivity index (χ3n) is 3.11. The second-order valence-electron chi connectivity index (χ2n) is 4.95. The Bertz CT molecular complexity index is 622. The molecule has 8 heteroatoms. The fourth-order valence-electron chi connectivity index (χ4n) is 1.97. The lowest BCUT2D eigenvalue weighted by Gasteiger charge is -2.08. The molecule has 1 amide bonds. The predicted octanol–water partition coefficient (Wildman–Crippen LogP) is 4.19. The summed E-state index contributed by atoms with van der Waals surface area (Å²) in [5.74, 6) is 0.0124. The van der Waals surface area contributed by atoms with Gasteiger partial charge in [0, 0.05) is 17.0 Å². The lowest BCUT2D eigenvalue weighted by atomic mass is 10.1. The first kappa shape index (κ1) is 18.2. The maximum atomic E-state index is 11.9. The largest absolute Gasteiger partial charge is 0.330 e. The van der Waals surface area contributed by atoms with Gasteiger partial charge in [0.25, 0.3) is 0 Å².